The number of nitrogens with one attached hydrogen (secondary N) is 2. The van der Waals surface area contributed by atoms with Crippen LogP contribution in [0.5, 0.6) is 0 Å². The molecule has 0 bridgehead atoms. The Morgan fingerprint density at radius 2 is 1.90 bits per heavy atom. The Kier molecular flexibility index (Phi) is 6.16. The zero-order chi connectivity index (χ0) is 14.9. The lowest BCUT2D eigenvalue weighted by molar-refractivity contribution is 0.252. The maximum atomic E-state index is 11.8. The van der Waals surface area contributed by atoms with Crippen molar-refractivity contribution in [3.63, 3.8) is 0 Å². The van der Waals surface area contributed by atoms with Crippen LogP contribution in [0.15, 0.2) is 59.5 Å². The minimum atomic E-state index is -0.152. The number of carbonyl (C=O) groups excluding carboxylic acids is 1. The summed E-state index contributed by atoms with van der Waals surface area (Å²) in [6, 6.07) is 18.0. The molecule has 0 saturated carbocycles. The summed E-state index contributed by atoms with van der Waals surface area (Å²) in [4.78, 5) is 12.9. The number of thioether (sulfide) groups is 1. The predicted molar refractivity (Wildman–Crippen MR) is 90.0 cm³/mol. The van der Waals surface area contributed by atoms with Crippen molar-refractivity contribution in [2.75, 3.05) is 18.1 Å². The van der Waals surface area contributed by atoms with Crippen molar-refractivity contribution in [3.8, 4) is 0 Å². The Morgan fingerprint density at radius 1 is 1.10 bits per heavy atom. The molecule has 2 N–H and O–H groups in total. The second-order valence-corrected chi connectivity index (χ2v) is 5.58. The lowest BCUT2D eigenvalue weighted by atomic mass is 10.1. The highest BCUT2D eigenvalue weighted by Gasteiger charge is 2.01. The van der Waals surface area contributed by atoms with Crippen molar-refractivity contribution in [3.05, 3.63) is 60.2 Å². The van der Waals surface area contributed by atoms with Crippen molar-refractivity contribution >= 4 is 23.5 Å². The molecule has 2 amide bonds. The van der Waals surface area contributed by atoms with Crippen LogP contribution >= 0.6 is 11.8 Å². The van der Waals surface area contributed by atoms with E-state index in [9.17, 15) is 4.79 Å². The molecule has 3 nitrogen and oxygen atoms in total. The van der Waals surface area contributed by atoms with Gasteiger partial charge in [0.25, 0.3) is 0 Å². The highest BCUT2D eigenvalue weighted by molar-refractivity contribution is 7.98. The number of hydrogen-bond acceptors (Lipinski definition) is 2. The summed E-state index contributed by atoms with van der Waals surface area (Å²) < 4.78 is 0. The highest BCUT2D eigenvalue weighted by atomic mass is 32.2. The Hall–Kier alpha value is -1.94. The summed E-state index contributed by atoms with van der Waals surface area (Å²) in [5.74, 6) is 0. The van der Waals surface area contributed by atoms with Crippen molar-refractivity contribution < 1.29 is 4.79 Å². The average Bonchev–Trinajstić information content (AvgIpc) is 2.53. The molecule has 0 heterocycles. The summed E-state index contributed by atoms with van der Waals surface area (Å²) in [6.45, 7) is 0.670. The van der Waals surface area contributed by atoms with E-state index >= 15 is 0 Å². The second-order valence-electron chi connectivity index (χ2n) is 4.70. The molecule has 0 aliphatic carbocycles. The van der Waals surface area contributed by atoms with E-state index in [0.29, 0.717) is 6.54 Å². The first kappa shape index (κ1) is 15.4. The molecule has 4 heteroatoms. The molecule has 21 heavy (non-hydrogen) atoms. The monoisotopic (exact) mass is 300 g/mol. The van der Waals surface area contributed by atoms with Crippen LogP contribution in [0.1, 0.15) is 12.0 Å². The van der Waals surface area contributed by atoms with Crippen LogP contribution in [-0.4, -0.2) is 18.8 Å². The molecule has 0 spiro atoms. The van der Waals surface area contributed by atoms with E-state index in [0.717, 1.165) is 23.4 Å². The molecule has 0 aliphatic heterocycles. The van der Waals surface area contributed by atoms with Crippen LogP contribution < -0.4 is 10.6 Å². The van der Waals surface area contributed by atoms with Gasteiger partial charge in [0.05, 0.1) is 0 Å². The van der Waals surface area contributed by atoms with Crippen LogP contribution in [0.2, 0.25) is 0 Å². The van der Waals surface area contributed by atoms with E-state index in [1.165, 1.54) is 5.56 Å². The summed E-state index contributed by atoms with van der Waals surface area (Å²) in [6.07, 6.45) is 3.92. The molecule has 2 rings (SSSR count). The fourth-order valence-electron chi connectivity index (χ4n) is 2.02. The van der Waals surface area contributed by atoms with E-state index in [-0.39, 0.29) is 6.03 Å². The molecule has 2 aromatic carbocycles. The number of benzene rings is 2. The number of amides is 2. The van der Waals surface area contributed by atoms with Crippen molar-refractivity contribution in [2.24, 2.45) is 0 Å². The normalized spacial score (nSPS) is 10.1. The number of aryl methyl sites for hydroxylation is 1. The van der Waals surface area contributed by atoms with Crippen LogP contribution in [0.4, 0.5) is 10.5 Å². The topological polar surface area (TPSA) is 41.1 Å². The maximum absolute atomic E-state index is 11.8. The maximum Gasteiger partial charge on any atom is 0.319 e. The standard InChI is InChI=1S/C17H20N2OS/c1-21-16-11-5-10-15(13-16)19-17(20)18-12-6-9-14-7-3-2-4-8-14/h2-5,7-8,10-11,13H,6,9,12H2,1H3,(H2,18,19,20). The fraction of sp³-hybridized carbons (Fsp3) is 0.235. The predicted octanol–water partition coefficient (Wildman–Crippen LogP) is 4.16. The smallest absolute Gasteiger partial charge is 0.319 e. The quantitative estimate of drug-likeness (QED) is 0.621. The summed E-state index contributed by atoms with van der Waals surface area (Å²) >= 11 is 1.66. The zero-order valence-electron chi connectivity index (χ0n) is 12.1. The highest BCUT2D eigenvalue weighted by Crippen LogP contribution is 2.18. The SMILES string of the molecule is CSc1cccc(NC(=O)NCCCc2ccccc2)c1. The van der Waals surface area contributed by atoms with Gasteiger partial charge in [0, 0.05) is 17.1 Å². The van der Waals surface area contributed by atoms with Gasteiger partial charge in [-0.15, -0.1) is 11.8 Å². The van der Waals surface area contributed by atoms with E-state index < -0.39 is 0 Å². The van der Waals surface area contributed by atoms with E-state index in [4.69, 9.17) is 0 Å². The van der Waals surface area contributed by atoms with Gasteiger partial charge in [0.15, 0.2) is 0 Å². The van der Waals surface area contributed by atoms with Crippen molar-refractivity contribution in [1.82, 2.24) is 5.32 Å². The Bertz CT molecular complexity index is 572. The van der Waals surface area contributed by atoms with Crippen LogP contribution in [0, 0.1) is 0 Å². The third-order valence-electron chi connectivity index (χ3n) is 3.10. The minimum Gasteiger partial charge on any atom is -0.338 e. The van der Waals surface area contributed by atoms with Gasteiger partial charge >= 0.3 is 6.03 Å². The number of hydrogen-bond donors (Lipinski definition) is 2. The van der Waals surface area contributed by atoms with Gasteiger partial charge in [-0.25, -0.2) is 4.79 Å². The Balaban J connectivity index is 1.70. The number of carbonyl (C=O) groups is 1. The fourth-order valence-corrected chi connectivity index (χ4v) is 2.47. The molecule has 0 fully saturated rings. The summed E-state index contributed by atoms with van der Waals surface area (Å²) in [5, 5.41) is 5.73. The number of rotatable bonds is 6. The molecular formula is C17H20N2OS. The number of urea groups is 1. The molecule has 0 aliphatic rings. The lowest BCUT2D eigenvalue weighted by Crippen LogP contribution is -2.29. The van der Waals surface area contributed by atoms with Gasteiger partial charge in [0.2, 0.25) is 0 Å². The minimum absolute atomic E-state index is 0.152. The molecule has 0 unspecified atom stereocenters. The van der Waals surface area contributed by atoms with Crippen LogP contribution in [0.3, 0.4) is 0 Å². The molecule has 2 aromatic rings. The van der Waals surface area contributed by atoms with Gasteiger partial charge in [-0.2, -0.15) is 0 Å². The largest absolute Gasteiger partial charge is 0.338 e. The van der Waals surface area contributed by atoms with Gasteiger partial charge in [-0.1, -0.05) is 36.4 Å². The zero-order valence-corrected chi connectivity index (χ0v) is 13.0. The first-order chi connectivity index (χ1) is 10.3. The summed E-state index contributed by atoms with van der Waals surface area (Å²) in [5.41, 5.74) is 2.12. The molecule has 110 valence electrons. The number of anilines is 1. The third kappa shape index (κ3) is 5.52. The second kappa shape index (κ2) is 8.37. The first-order valence-corrected chi connectivity index (χ1v) is 8.23. The molecule has 0 radical (unpaired) electrons. The molecule has 0 atom stereocenters. The third-order valence-corrected chi connectivity index (χ3v) is 3.82. The van der Waals surface area contributed by atoms with Crippen LogP contribution in [-0.2, 0) is 6.42 Å². The van der Waals surface area contributed by atoms with Gasteiger partial charge < -0.3 is 10.6 Å². The van der Waals surface area contributed by atoms with E-state index in [1.54, 1.807) is 11.8 Å². The van der Waals surface area contributed by atoms with Gasteiger partial charge in [-0.05, 0) is 42.9 Å². The lowest BCUT2D eigenvalue weighted by Gasteiger charge is -2.08. The van der Waals surface area contributed by atoms with Crippen molar-refractivity contribution in [1.29, 1.82) is 0 Å². The van der Waals surface area contributed by atoms with Crippen LogP contribution in [0.25, 0.3) is 0 Å². The molecular weight excluding hydrogens is 280 g/mol. The first-order valence-electron chi connectivity index (χ1n) is 7.01. The van der Waals surface area contributed by atoms with Gasteiger partial charge in [0.1, 0.15) is 0 Å². The Labute approximate surface area is 130 Å². The molecule has 0 aromatic heterocycles. The summed E-state index contributed by atoms with van der Waals surface area (Å²) in [7, 11) is 0. The average molecular weight is 300 g/mol. The van der Waals surface area contributed by atoms with E-state index in [2.05, 4.69) is 22.8 Å². The van der Waals surface area contributed by atoms with E-state index in [1.807, 2.05) is 48.7 Å². The Morgan fingerprint density at radius 3 is 2.67 bits per heavy atom. The van der Waals surface area contributed by atoms with Crippen molar-refractivity contribution in [2.45, 2.75) is 17.7 Å². The van der Waals surface area contributed by atoms with Gasteiger partial charge in [-0.3, -0.25) is 0 Å². The molecule has 0 saturated heterocycles.